The van der Waals surface area contributed by atoms with Crippen LogP contribution in [0.5, 0.6) is 11.5 Å². The Bertz CT molecular complexity index is 5660. The number of ether oxygens (including phenoxy) is 1. The Morgan fingerprint density at radius 2 is 0.550 bits per heavy atom. The van der Waals surface area contributed by atoms with Gasteiger partial charge in [-0.05, 0) is 227 Å². The Morgan fingerprint density at radius 1 is 0.220 bits per heavy atom. The van der Waals surface area contributed by atoms with Crippen LogP contribution in [0.1, 0.15) is 99.9 Å². The lowest BCUT2D eigenvalue weighted by molar-refractivity contribution is 0.477. The fourth-order valence-electron chi connectivity index (χ4n) is 18.4. The Balaban J connectivity index is 0.755. The van der Waals surface area contributed by atoms with Gasteiger partial charge in [0.1, 0.15) is 0 Å². The van der Waals surface area contributed by atoms with Gasteiger partial charge >= 0.3 is 0 Å². The highest BCUT2D eigenvalue weighted by Gasteiger charge is 2.45. The standard InChI is InChI=1S/C98H73NO/c1-95(2)80-46-40-62-24-15-17-26-70(62)92(80)78-56-84-76(54-86(78)95)74-44-38-66(50-82(74)97(84,5)6)68-42-48-90-88(52-68)99(94-72(64-34-30-60(31-35-64)58-20-11-9-12-21-58)28-19-29-73(94)65-36-32-61(33-37-65)59-22-13-10-14-23-59)89-53-69(43-49-91(89)100-90)67-39-45-75-77-55-87-79(57-85(77)98(7,8)83(75)51-67)93-71-27-18-16-25-63(71)41-47-81(93)96(87,3)4/h9-57H,1-8H3. The fraction of sp³-hybridized carbons (Fsp3) is 0.122. The summed E-state index contributed by atoms with van der Waals surface area (Å²) in [5.74, 6) is 1.59. The average Bonchev–Trinajstić information content (AvgIpc) is 1.56. The molecule has 476 valence electrons. The highest BCUT2D eigenvalue weighted by molar-refractivity contribution is 6.07. The summed E-state index contributed by atoms with van der Waals surface area (Å²) in [5.41, 5.74) is 37.9. The molecule has 0 fully saturated rings. The molecule has 0 aromatic heterocycles. The molecule has 0 unspecified atom stereocenters. The summed E-state index contributed by atoms with van der Waals surface area (Å²) in [7, 11) is 0. The third-order valence-corrected chi connectivity index (χ3v) is 23.9. The smallest absolute Gasteiger partial charge is 0.151 e. The van der Waals surface area contributed by atoms with Gasteiger partial charge in [-0.1, -0.05) is 292 Å². The SMILES string of the molecule is CC1(C)c2cc(-c3ccc4c(c3)N(c3c(-c5ccc(-c6ccccc6)cc5)cccc3-c3ccc(-c5ccccc5)cc3)c3cc(-c5ccc6c(c5)C(C)(C)c5cc7c(cc5-6)C(C)(C)c5ccc6ccccc6c5-7)ccc3O4)ccc2-c2cc3c(cc21)-c1c(ccc2ccccc12)C3(C)C. The van der Waals surface area contributed by atoms with Crippen molar-refractivity contribution >= 4 is 38.6 Å². The molecule has 0 saturated heterocycles. The van der Waals surface area contributed by atoms with Gasteiger partial charge < -0.3 is 9.64 Å². The van der Waals surface area contributed by atoms with Crippen molar-refractivity contribution in [3.05, 3.63) is 342 Å². The van der Waals surface area contributed by atoms with Crippen molar-refractivity contribution in [2.45, 2.75) is 77.0 Å². The van der Waals surface area contributed by atoms with Crippen molar-refractivity contribution < 1.29 is 4.74 Å². The number of para-hydroxylation sites is 1. The summed E-state index contributed by atoms with van der Waals surface area (Å²) >= 11 is 0. The molecule has 4 aliphatic carbocycles. The van der Waals surface area contributed by atoms with Crippen molar-refractivity contribution in [1.29, 1.82) is 0 Å². The van der Waals surface area contributed by atoms with E-state index in [4.69, 9.17) is 4.74 Å². The summed E-state index contributed by atoms with van der Waals surface area (Å²) in [6.07, 6.45) is 0. The second kappa shape index (κ2) is 21.0. The number of fused-ring (bicyclic) bond motifs is 18. The van der Waals surface area contributed by atoms with Crippen LogP contribution in [0, 0.1) is 0 Å². The summed E-state index contributed by atoms with van der Waals surface area (Å²) in [6, 6.07) is 112. The van der Waals surface area contributed by atoms with Crippen molar-refractivity contribution in [3.8, 4) is 123 Å². The lowest BCUT2D eigenvalue weighted by Crippen LogP contribution is -2.18. The number of rotatable bonds is 7. The maximum Gasteiger partial charge on any atom is 0.151 e. The molecule has 5 aliphatic rings. The summed E-state index contributed by atoms with van der Waals surface area (Å²) in [4.78, 5) is 2.54. The topological polar surface area (TPSA) is 12.5 Å². The van der Waals surface area contributed by atoms with Crippen LogP contribution in [0.4, 0.5) is 17.1 Å². The van der Waals surface area contributed by atoms with Gasteiger partial charge in [-0.25, -0.2) is 0 Å². The number of benzene rings is 15. The van der Waals surface area contributed by atoms with Gasteiger partial charge in [0.05, 0.1) is 17.1 Å². The fourth-order valence-corrected chi connectivity index (χ4v) is 18.4. The lowest BCUT2D eigenvalue weighted by Gasteiger charge is -2.36. The number of hydrogen-bond acceptors (Lipinski definition) is 2. The molecule has 0 radical (unpaired) electrons. The molecule has 0 spiro atoms. The zero-order valence-electron chi connectivity index (χ0n) is 57.6. The molecule has 1 heterocycles. The van der Waals surface area contributed by atoms with Crippen LogP contribution in [0.25, 0.3) is 133 Å². The largest absolute Gasteiger partial charge is 0.453 e. The average molecular weight is 1280 g/mol. The molecule has 0 atom stereocenters. The molecule has 2 heteroatoms. The predicted octanol–water partition coefficient (Wildman–Crippen LogP) is 26.8. The molecular weight excluding hydrogens is 1210 g/mol. The minimum absolute atomic E-state index is 0.142. The van der Waals surface area contributed by atoms with E-state index in [9.17, 15) is 0 Å². The van der Waals surface area contributed by atoms with Gasteiger partial charge in [0, 0.05) is 32.8 Å². The Morgan fingerprint density at radius 3 is 0.990 bits per heavy atom. The maximum absolute atomic E-state index is 7.30. The molecule has 15 aromatic carbocycles. The quantitative estimate of drug-likeness (QED) is 0.158. The third kappa shape index (κ3) is 8.37. The van der Waals surface area contributed by atoms with Gasteiger partial charge in [-0.3, -0.25) is 0 Å². The van der Waals surface area contributed by atoms with E-state index in [2.05, 4.69) is 358 Å². The second-order valence-electron chi connectivity index (χ2n) is 30.7. The molecule has 0 saturated carbocycles. The van der Waals surface area contributed by atoms with E-state index in [-0.39, 0.29) is 21.7 Å². The van der Waals surface area contributed by atoms with E-state index in [0.717, 1.165) is 61.9 Å². The zero-order valence-corrected chi connectivity index (χ0v) is 57.6. The monoisotopic (exact) mass is 1280 g/mol. The van der Waals surface area contributed by atoms with Crippen molar-refractivity contribution in [3.63, 3.8) is 0 Å². The highest BCUT2D eigenvalue weighted by Crippen LogP contribution is 2.62. The van der Waals surface area contributed by atoms with Crippen molar-refractivity contribution in [2.75, 3.05) is 4.90 Å². The normalized spacial score (nSPS) is 15.2. The zero-order chi connectivity index (χ0) is 67.3. The summed E-state index contributed by atoms with van der Waals surface area (Å²) < 4.78 is 7.30. The molecular formula is C98H73NO. The van der Waals surface area contributed by atoms with Gasteiger partial charge in [-0.15, -0.1) is 0 Å². The molecule has 0 bridgehead atoms. The molecule has 0 N–H and O–H groups in total. The van der Waals surface area contributed by atoms with Crippen LogP contribution >= 0.6 is 0 Å². The minimum atomic E-state index is -0.264. The van der Waals surface area contributed by atoms with Gasteiger partial charge in [-0.2, -0.15) is 0 Å². The molecule has 0 amide bonds. The van der Waals surface area contributed by atoms with Gasteiger partial charge in [0.15, 0.2) is 11.5 Å². The Hall–Kier alpha value is -11.6. The van der Waals surface area contributed by atoms with Crippen LogP contribution in [-0.4, -0.2) is 0 Å². The first-order valence-corrected chi connectivity index (χ1v) is 35.5. The maximum atomic E-state index is 7.30. The molecule has 100 heavy (non-hydrogen) atoms. The van der Waals surface area contributed by atoms with E-state index in [0.29, 0.717) is 0 Å². The van der Waals surface area contributed by atoms with Crippen molar-refractivity contribution in [2.24, 2.45) is 0 Å². The molecule has 20 rings (SSSR count). The van der Waals surface area contributed by atoms with Crippen LogP contribution in [0.3, 0.4) is 0 Å². The van der Waals surface area contributed by atoms with E-state index in [1.54, 1.807) is 0 Å². The Labute approximate surface area is 586 Å². The predicted molar refractivity (Wildman–Crippen MR) is 419 cm³/mol. The van der Waals surface area contributed by atoms with Gasteiger partial charge in [0.25, 0.3) is 0 Å². The van der Waals surface area contributed by atoms with E-state index < -0.39 is 0 Å². The first kappa shape index (κ1) is 58.6. The second-order valence-corrected chi connectivity index (χ2v) is 30.7. The number of hydrogen-bond donors (Lipinski definition) is 0. The summed E-state index contributed by atoms with van der Waals surface area (Å²) in [6.45, 7) is 19.4. The van der Waals surface area contributed by atoms with Gasteiger partial charge in [0.2, 0.25) is 0 Å². The molecule has 1 aliphatic heterocycles. The highest BCUT2D eigenvalue weighted by atomic mass is 16.5. The van der Waals surface area contributed by atoms with Crippen LogP contribution in [-0.2, 0) is 21.7 Å². The molecule has 15 aromatic rings. The summed E-state index contributed by atoms with van der Waals surface area (Å²) in [5, 5.41) is 5.23. The lowest BCUT2D eigenvalue weighted by atomic mass is 9.79. The van der Waals surface area contributed by atoms with Crippen LogP contribution in [0.2, 0.25) is 0 Å². The molecule has 2 nitrogen and oxygen atoms in total. The van der Waals surface area contributed by atoms with Crippen LogP contribution in [0.15, 0.2) is 297 Å². The Kier molecular flexibility index (Phi) is 12.3. The van der Waals surface area contributed by atoms with E-state index in [1.807, 2.05) is 0 Å². The van der Waals surface area contributed by atoms with E-state index in [1.165, 1.54) is 144 Å². The van der Waals surface area contributed by atoms with Crippen molar-refractivity contribution in [1.82, 2.24) is 0 Å². The number of nitrogens with zero attached hydrogens (tertiary/aromatic N) is 1. The first-order chi connectivity index (χ1) is 48.6. The third-order valence-electron chi connectivity index (χ3n) is 23.9. The first-order valence-electron chi connectivity index (χ1n) is 35.5. The van der Waals surface area contributed by atoms with Crippen LogP contribution < -0.4 is 9.64 Å². The minimum Gasteiger partial charge on any atom is -0.453 e. The van der Waals surface area contributed by atoms with E-state index >= 15 is 0 Å². The number of anilines is 3.